The van der Waals surface area contributed by atoms with Gasteiger partial charge in [0.05, 0.1) is 24.5 Å². The van der Waals surface area contributed by atoms with Gasteiger partial charge in [-0.05, 0) is 47.7 Å². The monoisotopic (exact) mass is 384 g/mol. The summed E-state index contributed by atoms with van der Waals surface area (Å²) in [6.07, 6.45) is 6.48. The van der Waals surface area contributed by atoms with Gasteiger partial charge in [-0.2, -0.15) is 0 Å². The van der Waals surface area contributed by atoms with Gasteiger partial charge in [-0.1, -0.05) is 18.2 Å². The lowest BCUT2D eigenvalue weighted by molar-refractivity contribution is -0.142. The molecule has 2 aromatic rings. The smallest absolute Gasteiger partial charge is 0.234 e. The molecule has 0 aromatic carbocycles. The number of imide groups is 1. The predicted octanol–water partition coefficient (Wildman–Crippen LogP) is 3.67. The number of allylic oxidation sites excluding steroid dienone is 2. The van der Waals surface area contributed by atoms with Crippen LogP contribution in [0.1, 0.15) is 34.2 Å². The summed E-state index contributed by atoms with van der Waals surface area (Å²) in [7, 11) is 0. The third kappa shape index (κ3) is 2.51. The molecule has 0 bridgehead atoms. The van der Waals surface area contributed by atoms with Crippen LogP contribution in [0.2, 0.25) is 0 Å². The Labute approximate surface area is 160 Å². The molecule has 1 aliphatic carbocycles. The van der Waals surface area contributed by atoms with E-state index in [9.17, 15) is 9.59 Å². The maximum Gasteiger partial charge on any atom is 0.234 e. The molecule has 134 valence electrons. The zero-order valence-corrected chi connectivity index (χ0v) is 16.0. The van der Waals surface area contributed by atoms with Gasteiger partial charge in [0.25, 0.3) is 0 Å². The highest BCUT2D eigenvalue weighted by Gasteiger charge is 2.48. The summed E-state index contributed by atoms with van der Waals surface area (Å²) >= 11 is 3.56. The van der Waals surface area contributed by atoms with Crippen LogP contribution in [0.4, 0.5) is 0 Å². The molecule has 1 fully saturated rings. The lowest BCUT2D eigenvalue weighted by Crippen LogP contribution is -2.45. The first-order chi connectivity index (χ1) is 12.7. The van der Waals surface area contributed by atoms with Crippen LogP contribution in [0.15, 0.2) is 41.1 Å². The van der Waals surface area contributed by atoms with E-state index in [1.165, 1.54) is 20.2 Å². The van der Waals surface area contributed by atoms with Crippen LogP contribution in [0.5, 0.6) is 0 Å². The number of carbonyl (C=O) groups excluding carboxylic acids is 2. The van der Waals surface area contributed by atoms with E-state index in [2.05, 4.69) is 33.9 Å². The van der Waals surface area contributed by atoms with E-state index < -0.39 is 0 Å². The van der Waals surface area contributed by atoms with Gasteiger partial charge in [0, 0.05) is 16.3 Å². The molecule has 0 unspecified atom stereocenters. The molecule has 26 heavy (non-hydrogen) atoms. The molecule has 0 radical (unpaired) electrons. The van der Waals surface area contributed by atoms with Crippen LogP contribution in [0, 0.1) is 11.8 Å². The number of fused-ring (bicyclic) bond motifs is 2. The molecule has 5 rings (SSSR count). The Balaban J connectivity index is 1.45. The molecular weight excluding hydrogens is 364 g/mol. The molecule has 2 amide bonds. The molecule has 2 aliphatic heterocycles. The SMILES string of the molecule is O=C1[C@H]2CC=CC[C@H]2C(=O)N1CN1CCc2sccc2[C@H]1c1cccs1. The fraction of sp³-hybridized carbons (Fsp3) is 0.400. The van der Waals surface area contributed by atoms with Gasteiger partial charge < -0.3 is 0 Å². The second-order valence-electron chi connectivity index (χ2n) is 7.18. The molecule has 2 aromatic heterocycles. The molecule has 0 N–H and O–H groups in total. The van der Waals surface area contributed by atoms with E-state index in [0.29, 0.717) is 19.5 Å². The highest BCUT2D eigenvalue weighted by molar-refractivity contribution is 7.10. The summed E-state index contributed by atoms with van der Waals surface area (Å²) in [6.45, 7) is 1.28. The van der Waals surface area contributed by atoms with Crippen molar-refractivity contribution in [3.05, 3.63) is 56.4 Å². The highest BCUT2D eigenvalue weighted by atomic mass is 32.1. The number of nitrogens with zero attached hydrogens (tertiary/aromatic N) is 2. The van der Waals surface area contributed by atoms with Gasteiger partial charge >= 0.3 is 0 Å². The average molecular weight is 385 g/mol. The zero-order valence-electron chi connectivity index (χ0n) is 14.3. The van der Waals surface area contributed by atoms with Crippen molar-refractivity contribution in [1.82, 2.24) is 9.80 Å². The number of likely N-dealkylation sites (tertiary alicyclic amines) is 1. The maximum atomic E-state index is 12.9. The Morgan fingerprint density at radius 3 is 2.46 bits per heavy atom. The second kappa shape index (κ2) is 6.44. The highest BCUT2D eigenvalue weighted by Crippen LogP contribution is 2.41. The van der Waals surface area contributed by atoms with Crippen LogP contribution in [-0.2, 0) is 16.0 Å². The summed E-state index contributed by atoms with van der Waals surface area (Å²) in [5.41, 5.74) is 1.34. The van der Waals surface area contributed by atoms with E-state index in [-0.39, 0.29) is 29.7 Å². The van der Waals surface area contributed by atoms with Crippen LogP contribution >= 0.6 is 22.7 Å². The van der Waals surface area contributed by atoms with Gasteiger partial charge in [0.15, 0.2) is 0 Å². The molecule has 0 saturated carbocycles. The minimum atomic E-state index is -0.144. The number of carbonyl (C=O) groups is 2. The Hall–Kier alpha value is -1.76. The summed E-state index contributed by atoms with van der Waals surface area (Å²) < 4.78 is 0. The molecule has 3 aliphatic rings. The Morgan fingerprint density at radius 1 is 1.00 bits per heavy atom. The van der Waals surface area contributed by atoms with E-state index in [4.69, 9.17) is 0 Å². The van der Waals surface area contributed by atoms with E-state index in [0.717, 1.165) is 13.0 Å². The van der Waals surface area contributed by atoms with Crippen molar-refractivity contribution in [1.29, 1.82) is 0 Å². The van der Waals surface area contributed by atoms with E-state index in [1.807, 2.05) is 23.5 Å². The standard InChI is InChI=1S/C20H20N2O2S2/c23-19-13-4-1-2-5-14(13)20(24)22(19)12-21-9-7-16-15(8-11-26-16)18(21)17-6-3-10-25-17/h1-3,6,8,10-11,13-14,18H,4-5,7,9,12H2/t13-,14+,18-/m0/s1. The number of thiophene rings is 2. The van der Waals surface area contributed by atoms with Crippen molar-refractivity contribution >= 4 is 34.5 Å². The topological polar surface area (TPSA) is 40.6 Å². The van der Waals surface area contributed by atoms with E-state index >= 15 is 0 Å². The van der Waals surface area contributed by atoms with Gasteiger partial charge in [0.2, 0.25) is 11.8 Å². The zero-order chi connectivity index (χ0) is 17.7. The van der Waals surface area contributed by atoms with Crippen molar-refractivity contribution < 1.29 is 9.59 Å². The normalized spacial score (nSPS) is 28.5. The van der Waals surface area contributed by atoms with Crippen LogP contribution in [0.3, 0.4) is 0 Å². The van der Waals surface area contributed by atoms with Crippen LogP contribution in [0.25, 0.3) is 0 Å². The van der Waals surface area contributed by atoms with Crippen molar-refractivity contribution in [3.8, 4) is 0 Å². The molecule has 1 saturated heterocycles. The third-order valence-corrected chi connectivity index (χ3v) is 7.72. The maximum absolute atomic E-state index is 12.9. The van der Waals surface area contributed by atoms with Gasteiger partial charge in [-0.25, -0.2) is 0 Å². The molecule has 4 nitrogen and oxygen atoms in total. The molecular formula is C20H20N2O2S2. The number of amides is 2. The molecule has 6 heteroatoms. The summed E-state index contributed by atoms with van der Waals surface area (Å²) in [6, 6.07) is 6.58. The van der Waals surface area contributed by atoms with Crippen molar-refractivity contribution in [3.63, 3.8) is 0 Å². The first kappa shape index (κ1) is 16.4. The van der Waals surface area contributed by atoms with Crippen molar-refractivity contribution in [2.24, 2.45) is 11.8 Å². The Morgan fingerprint density at radius 2 is 1.77 bits per heavy atom. The quantitative estimate of drug-likeness (QED) is 0.599. The third-order valence-electron chi connectivity index (χ3n) is 5.80. The first-order valence-electron chi connectivity index (χ1n) is 9.08. The van der Waals surface area contributed by atoms with Gasteiger partial charge in [-0.15, -0.1) is 22.7 Å². The fourth-order valence-electron chi connectivity index (χ4n) is 4.49. The number of hydrogen-bond acceptors (Lipinski definition) is 5. The summed E-state index contributed by atoms with van der Waals surface area (Å²) in [5, 5.41) is 4.25. The van der Waals surface area contributed by atoms with Crippen molar-refractivity contribution in [2.75, 3.05) is 13.2 Å². The lowest BCUT2D eigenvalue weighted by Gasteiger charge is -2.37. The van der Waals surface area contributed by atoms with Crippen molar-refractivity contribution in [2.45, 2.75) is 25.3 Å². The Kier molecular flexibility index (Phi) is 4.07. The summed E-state index contributed by atoms with van der Waals surface area (Å²) in [4.78, 5) is 32.3. The first-order valence-corrected chi connectivity index (χ1v) is 10.8. The summed E-state index contributed by atoms with van der Waals surface area (Å²) in [5.74, 6) is -0.251. The number of rotatable bonds is 3. The lowest BCUT2D eigenvalue weighted by atomic mass is 9.85. The predicted molar refractivity (Wildman–Crippen MR) is 103 cm³/mol. The van der Waals surface area contributed by atoms with Gasteiger partial charge in [0.1, 0.15) is 0 Å². The minimum absolute atomic E-state index is 0.0189. The number of hydrogen-bond donors (Lipinski definition) is 0. The van der Waals surface area contributed by atoms with E-state index in [1.54, 1.807) is 11.3 Å². The largest absolute Gasteiger partial charge is 0.274 e. The van der Waals surface area contributed by atoms with Crippen LogP contribution < -0.4 is 0 Å². The fourth-order valence-corrected chi connectivity index (χ4v) is 6.27. The Bertz CT molecular complexity index is 844. The minimum Gasteiger partial charge on any atom is -0.274 e. The molecule has 0 spiro atoms. The molecule has 4 heterocycles. The average Bonchev–Trinajstić information content (AvgIpc) is 3.39. The second-order valence-corrected chi connectivity index (χ2v) is 9.16. The van der Waals surface area contributed by atoms with Gasteiger partial charge in [-0.3, -0.25) is 19.4 Å². The van der Waals surface area contributed by atoms with Crippen LogP contribution in [-0.4, -0.2) is 34.8 Å². The molecule has 3 atom stereocenters.